The number of nitrogens with zero attached hydrogens (tertiary/aromatic N) is 1. The van der Waals surface area contributed by atoms with Crippen LogP contribution in [0.5, 0.6) is 0 Å². The number of hydrogen-bond acceptors (Lipinski definition) is 6. The Morgan fingerprint density at radius 2 is 1.64 bits per heavy atom. The van der Waals surface area contributed by atoms with Crippen LogP contribution in [0, 0.1) is 5.92 Å². The Bertz CT molecular complexity index is 1170. The van der Waals surface area contributed by atoms with Crippen LogP contribution in [0.1, 0.15) is 45.6 Å². The quantitative estimate of drug-likeness (QED) is 0.0840. The molecule has 0 aliphatic heterocycles. The van der Waals surface area contributed by atoms with Crippen molar-refractivity contribution in [2.24, 2.45) is 28.1 Å². The number of benzene rings is 1. The van der Waals surface area contributed by atoms with Crippen molar-refractivity contribution in [3.63, 3.8) is 0 Å². The Hall–Kier alpha value is -4.13. The van der Waals surface area contributed by atoms with E-state index in [1.807, 2.05) is 38.1 Å². The molecule has 11 N–H and O–H groups in total. The van der Waals surface area contributed by atoms with Crippen molar-refractivity contribution in [1.29, 1.82) is 0 Å². The minimum Gasteiger partial charge on any atom is -0.480 e. The van der Waals surface area contributed by atoms with Gasteiger partial charge in [-0.1, -0.05) is 32.0 Å². The normalized spacial score (nSPS) is 14.2. The fourth-order valence-electron chi connectivity index (χ4n) is 4.03. The maximum atomic E-state index is 13.2. The number of rotatable bonds is 15. The average molecular weight is 545 g/mol. The number of aromatic nitrogens is 1. The zero-order chi connectivity index (χ0) is 29.1. The van der Waals surface area contributed by atoms with Crippen molar-refractivity contribution < 1.29 is 24.3 Å². The molecule has 0 bridgehead atoms. The van der Waals surface area contributed by atoms with Gasteiger partial charge in [-0.15, -0.1) is 0 Å². The third kappa shape index (κ3) is 9.93. The smallest absolute Gasteiger partial charge is 0.326 e. The number of nitrogens with one attached hydrogen (secondary N) is 4. The molecule has 4 unspecified atom stereocenters. The van der Waals surface area contributed by atoms with Crippen molar-refractivity contribution >= 4 is 40.6 Å². The van der Waals surface area contributed by atoms with Crippen molar-refractivity contribution in [3.8, 4) is 0 Å². The Balaban J connectivity index is 2.13. The number of carbonyl (C=O) groups excluding carboxylic acids is 3. The van der Waals surface area contributed by atoms with Gasteiger partial charge in [-0.2, -0.15) is 0 Å². The molecule has 1 aromatic carbocycles. The molecule has 1 heterocycles. The Kier molecular flexibility index (Phi) is 11.7. The molecule has 0 radical (unpaired) electrons. The molecule has 39 heavy (non-hydrogen) atoms. The summed E-state index contributed by atoms with van der Waals surface area (Å²) in [5.41, 5.74) is 18.1. The number of fused-ring (bicyclic) bond motifs is 1. The maximum absolute atomic E-state index is 13.2. The highest BCUT2D eigenvalue weighted by molar-refractivity contribution is 5.94. The van der Waals surface area contributed by atoms with Crippen molar-refractivity contribution in [1.82, 2.24) is 20.9 Å². The molecule has 0 fully saturated rings. The number of carbonyl (C=O) groups is 4. The monoisotopic (exact) mass is 544 g/mol. The number of carboxylic acids is 1. The van der Waals surface area contributed by atoms with Crippen LogP contribution in [0.15, 0.2) is 35.5 Å². The van der Waals surface area contributed by atoms with E-state index in [1.54, 1.807) is 6.20 Å². The summed E-state index contributed by atoms with van der Waals surface area (Å²) < 4.78 is 0. The zero-order valence-corrected chi connectivity index (χ0v) is 22.6. The maximum Gasteiger partial charge on any atom is 0.326 e. The lowest BCUT2D eigenvalue weighted by Crippen LogP contribution is -2.57. The van der Waals surface area contributed by atoms with Crippen LogP contribution in [0.25, 0.3) is 10.9 Å². The molecule has 0 aliphatic carbocycles. The summed E-state index contributed by atoms with van der Waals surface area (Å²) >= 11 is 0. The molecule has 2 aromatic rings. The molecule has 13 nitrogen and oxygen atoms in total. The van der Waals surface area contributed by atoms with Gasteiger partial charge in [0.15, 0.2) is 5.96 Å². The van der Waals surface area contributed by atoms with E-state index in [0.29, 0.717) is 19.4 Å². The minimum absolute atomic E-state index is 0.0203. The highest BCUT2D eigenvalue weighted by Gasteiger charge is 2.30. The summed E-state index contributed by atoms with van der Waals surface area (Å²) in [6.45, 7) is 5.49. The fourth-order valence-corrected chi connectivity index (χ4v) is 4.03. The molecule has 0 spiro atoms. The Labute approximate surface area is 227 Å². The van der Waals surface area contributed by atoms with Crippen LogP contribution in [-0.2, 0) is 25.6 Å². The van der Waals surface area contributed by atoms with Crippen LogP contribution in [0.2, 0.25) is 0 Å². The first kappa shape index (κ1) is 31.1. The summed E-state index contributed by atoms with van der Waals surface area (Å²) in [5, 5.41) is 18.2. The summed E-state index contributed by atoms with van der Waals surface area (Å²) in [7, 11) is 0. The third-order valence-electron chi connectivity index (χ3n) is 6.11. The van der Waals surface area contributed by atoms with E-state index in [9.17, 15) is 24.3 Å². The highest BCUT2D eigenvalue weighted by atomic mass is 16.4. The number of guanidine groups is 1. The number of hydrogen-bond donors (Lipinski definition) is 8. The van der Waals surface area contributed by atoms with Gasteiger partial charge in [-0.3, -0.25) is 19.4 Å². The molecule has 0 saturated heterocycles. The number of aliphatic imine (C=N–C) groups is 1. The Morgan fingerprint density at radius 3 is 2.28 bits per heavy atom. The second kappa shape index (κ2) is 14.7. The van der Waals surface area contributed by atoms with Crippen molar-refractivity contribution in [2.45, 2.75) is 70.6 Å². The molecule has 1 aromatic heterocycles. The summed E-state index contributed by atoms with van der Waals surface area (Å²) in [5.74, 6) is -3.00. The van der Waals surface area contributed by atoms with Crippen LogP contribution >= 0.6 is 0 Å². The number of carboxylic acid groups (broad SMARTS) is 1. The van der Waals surface area contributed by atoms with E-state index in [1.165, 1.54) is 6.92 Å². The van der Waals surface area contributed by atoms with Crippen LogP contribution < -0.4 is 33.2 Å². The van der Waals surface area contributed by atoms with E-state index < -0.39 is 47.9 Å². The van der Waals surface area contributed by atoms with E-state index in [0.717, 1.165) is 16.5 Å². The van der Waals surface area contributed by atoms with Crippen molar-refractivity contribution in [3.05, 3.63) is 36.0 Å². The lowest BCUT2D eigenvalue weighted by molar-refractivity contribution is -0.142. The van der Waals surface area contributed by atoms with Gasteiger partial charge in [0.1, 0.15) is 18.1 Å². The molecule has 3 amide bonds. The Morgan fingerprint density at radius 1 is 0.974 bits per heavy atom. The number of aliphatic carboxylic acids is 1. The SMILES string of the molecule is CC(C)CC(NC(=O)C(Cc1c[nH]c2ccccc12)NC(=O)C(C)NC(=O)C(N)CCCN=C(N)N)C(=O)O. The summed E-state index contributed by atoms with van der Waals surface area (Å²) in [6.07, 6.45) is 2.84. The van der Waals surface area contributed by atoms with Gasteiger partial charge in [-0.25, -0.2) is 4.79 Å². The first-order valence-electron chi connectivity index (χ1n) is 12.9. The van der Waals surface area contributed by atoms with Gasteiger partial charge >= 0.3 is 5.97 Å². The number of amides is 3. The third-order valence-corrected chi connectivity index (χ3v) is 6.11. The van der Waals surface area contributed by atoms with Gasteiger partial charge in [0, 0.05) is 30.1 Å². The topological polar surface area (TPSA) is 231 Å². The first-order valence-corrected chi connectivity index (χ1v) is 12.9. The molecule has 0 aliphatic rings. The van der Waals surface area contributed by atoms with E-state index >= 15 is 0 Å². The number of H-pyrrole nitrogens is 1. The number of para-hydroxylation sites is 1. The molecule has 0 saturated carbocycles. The van der Waals surface area contributed by atoms with Crippen LogP contribution in [0.4, 0.5) is 0 Å². The van der Waals surface area contributed by atoms with Crippen LogP contribution in [0.3, 0.4) is 0 Å². The average Bonchev–Trinajstić information content (AvgIpc) is 3.27. The van der Waals surface area contributed by atoms with Gasteiger partial charge in [0.25, 0.3) is 0 Å². The zero-order valence-electron chi connectivity index (χ0n) is 22.6. The van der Waals surface area contributed by atoms with Crippen LogP contribution in [-0.4, -0.2) is 70.5 Å². The van der Waals surface area contributed by atoms with Crippen molar-refractivity contribution in [2.75, 3.05) is 6.54 Å². The number of aromatic amines is 1. The minimum atomic E-state index is -1.16. The number of nitrogens with two attached hydrogens (primary N) is 3. The van der Waals surface area contributed by atoms with Gasteiger partial charge in [-0.05, 0) is 43.7 Å². The largest absolute Gasteiger partial charge is 0.480 e. The van der Waals surface area contributed by atoms with Gasteiger partial charge in [0.05, 0.1) is 6.04 Å². The molecule has 4 atom stereocenters. The second-order valence-electron chi connectivity index (χ2n) is 9.94. The summed E-state index contributed by atoms with van der Waals surface area (Å²) in [4.78, 5) is 57.5. The second-order valence-corrected chi connectivity index (χ2v) is 9.94. The predicted molar refractivity (Wildman–Crippen MR) is 148 cm³/mol. The molecular weight excluding hydrogens is 504 g/mol. The first-order chi connectivity index (χ1) is 18.4. The van der Waals surface area contributed by atoms with Gasteiger partial charge in [0.2, 0.25) is 17.7 Å². The predicted octanol–water partition coefficient (Wildman–Crippen LogP) is -0.304. The molecule has 214 valence electrons. The molecule has 13 heteroatoms. The standard InChI is InChI=1S/C26H40N8O5/c1-14(2)11-21(25(38)39)34-24(37)20(12-16-13-31-19-9-5-4-7-17(16)19)33-22(35)15(3)32-23(36)18(27)8-6-10-30-26(28)29/h4-5,7,9,13-15,18,20-21,31H,6,8,10-12,27H2,1-3H3,(H,32,36)(H,33,35)(H,34,37)(H,38,39)(H4,28,29,30). The lowest BCUT2D eigenvalue weighted by Gasteiger charge is -2.24. The highest BCUT2D eigenvalue weighted by Crippen LogP contribution is 2.19. The van der Waals surface area contributed by atoms with E-state index in [-0.39, 0.29) is 24.7 Å². The van der Waals surface area contributed by atoms with Gasteiger partial charge < -0.3 is 43.2 Å². The van der Waals surface area contributed by atoms with E-state index in [2.05, 4.69) is 25.9 Å². The van der Waals surface area contributed by atoms with E-state index in [4.69, 9.17) is 17.2 Å². The molecule has 2 rings (SSSR count). The lowest BCUT2D eigenvalue weighted by atomic mass is 10.0. The molecular formula is C26H40N8O5. The fraction of sp³-hybridized carbons (Fsp3) is 0.500. The summed E-state index contributed by atoms with van der Waals surface area (Å²) in [6, 6.07) is 3.38.